The molecule has 0 fully saturated rings. The van der Waals surface area contributed by atoms with Crippen LogP contribution in [-0.4, -0.2) is 15.2 Å². The first-order valence-electron chi connectivity index (χ1n) is 1.80. The molecule has 1 aromatic rings. The van der Waals surface area contributed by atoms with Crippen molar-refractivity contribution in [2.24, 2.45) is 0 Å². The summed E-state index contributed by atoms with van der Waals surface area (Å²) in [6, 6.07) is 0. The minimum absolute atomic E-state index is 0.0671. The summed E-state index contributed by atoms with van der Waals surface area (Å²) in [7, 11) is 0. The Labute approximate surface area is 55.7 Å². The Bertz CT molecular complexity index is 172. The zero-order valence-electron chi connectivity index (χ0n) is 3.67. The fourth-order valence-corrected chi connectivity index (χ4v) is 0.565. The van der Waals surface area contributed by atoms with E-state index in [-0.39, 0.29) is 10.4 Å². The summed E-state index contributed by atoms with van der Waals surface area (Å²) in [6.45, 7) is 0. The van der Waals surface area contributed by atoms with E-state index in [9.17, 15) is 0 Å². The number of hydrogen-bond donors (Lipinski definition) is 0. The number of hydrogen-bond acceptors (Lipinski definition) is 3. The summed E-state index contributed by atoms with van der Waals surface area (Å²) in [4.78, 5) is 3.53. The van der Waals surface area contributed by atoms with Crippen molar-refractivity contribution in [1.29, 1.82) is 0 Å². The van der Waals surface area contributed by atoms with Crippen molar-refractivity contribution >= 4 is 23.2 Å². The first kappa shape index (κ1) is 5.72. The van der Waals surface area contributed by atoms with Gasteiger partial charge in [0.2, 0.25) is 5.28 Å². The van der Waals surface area contributed by atoms with E-state index in [1.165, 1.54) is 6.20 Å². The highest BCUT2D eigenvalue weighted by molar-refractivity contribution is 6.31. The molecule has 1 rings (SSSR count). The van der Waals surface area contributed by atoms with E-state index >= 15 is 0 Å². The van der Waals surface area contributed by atoms with Crippen molar-refractivity contribution in [3.63, 3.8) is 0 Å². The smallest absolute Gasteiger partial charge is 0.203 e. The second kappa shape index (κ2) is 2.24. The second-order valence-corrected chi connectivity index (χ2v) is 1.77. The summed E-state index contributed by atoms with van der Waals surface area (Å²) < 4.78 is 0. The average Bonchev–Trinajstić information content (AvgIpc) is 1.64. The molecule has 0 saturated carbocycles. The topological polar surface area (TPSA) is 38.7 Å². The van der Waals surface area contributed by atoms with Gasteiger partial charge in [-0.1, -0.05) is 11.6 Å². The van der Waals surface area contributed by atoms with E-state index in [0.717, 1.165) is 0 Å². The van der Waals surface area contributed by atoms with Gasteiger partial charge in [0.15, 0.2) is 5.15 Å². The molecule has 0 saturated heterocycles. The van der Waals surface area contributed by atoms with Crippen molar-refractivity contribution in [3.05, 3.63) is 16.6 Å². The Balaban J connectivity index is 3.08. The van der Waals surface area contributed by atoms with Crippen molar-refractivity contribution in [2.75, 3.05) is 0 Å². The van der Waals surface area contributed by atoms with Gasteiger partial charge in [-0.25, -0.2) is 4.98 Å². The van der Waals surface area contributed by atoms with Crippen molar-refractivity contribution in [3.8, 4) is 0 Å². The standard InChI is InChI=1S/C3HCl2N3/c4-2-1-6-8-3(5)7-2/h1H. The Morgan fingerprint density at radius 1 is 1.38 bits per heavy atom. The van der Waals surface area contributed by atoms with Gasteiger partial charge < -0.3 is 0 Å². The molecule has 5 heteroatoms. The summed E-state index contributed by atoms with van der Waals surface area (Å²) in [6.07, 6.45) is 1.31. The van der Waals surface area contributed by atoms with Gasteiger partial charge in [0, 0.05) is 0 Å². The van der Waals surface area contributed by atoms with E-state index in [2.05, 4.69) is 15.2 Å². The average molecular weight is 150 g/mol. The largest absolute Gasteiger partial charge is 0.244 e. The molecule has 0 unspecified atom stereocenters. The summed E-state index contributed by atoms with van der Waals surface area (Å²) in [5, 5.41) is 7.09. The molecular weight excluding hydrogens is 149 g/mol. The molecule has 42 valence electrons. The highest BCUT2D eigenvalue weighted by Crippen LogP contribution is 2.02. The van der Waals surface area contributed by atoms with E-state index in [1.54, 1.807) is 0 Å². The quantitative estimate of drug-likeness (QED) is 0.557. The Hall–Kier alpha value is -0.410. The van der Waals surface area contributed by atoms with Crippen LogP contribution in [0.25, 0.3) is 0 Å². The lowest BCUT2D eigenvalue weighted by atomic mass is 10.9. The van der Waals surface area contributed by atoms with E-state index < -0.39 is 0 Å². The maximum atomic E-state index is 5.35. The summed E-state index contributed by atoms with van der Waals surface area (Å²) in [5.74, 6) is 0. The monoisotopic (exact) mass is 149 g/mol. The molecule has 0 amide bonds. The number of nitrogens with zero attached hydrogens (tertiary/aromatic N) is 3. The summed E-state index contributed by atoms with van der Waals surface area (Å²) in [5.41, 5.74) is 0. The normalized spacial score (nSPS) is 9.25. The molecular formula is C3HCl2N3. The zero-order chi connectivity index (χ0) is 5.98. The lowest BCUT2D eigenvalue weighted by Gasteiger charge is -1.83. The van der Waals surface area contributed by atoms with Crippen molar-refractivity contribution < 1.29 is 0 Å². The molecule has 0 bridgehead atoms. The van der Waals surface area contributed by atoms with Crippen LogP contribution in [0.15, 0.2) is 6.20 Å². The third kappa shape index (κ3) is 1.28. The van der Waals surface area contributed by atoms with Crippen molar-refractivity contribution in [2.45, 2.75) is 0 Å². The lowest BCUT2D eigenvalue weighted by Crippen LogP contribution is -1.84. The van der Waals surface area contributed by atoms with Crippen LogP contribution < -0.4 is 0 Å². The number of aromatic nitrogens is 3. The van der Waals surface area contributed by atoms with Gasteiger partial charge >= 0.3 is 0 Å². The van der Waals surface area contributed by atoms with Gasteiger partial charge in [-0.05, 0) is 11.6 Å². The molecule has 0 aromatic carbocycles. The maximum absolute atomic E-state index is 5.35. The second-order valence-electron chi connectivity index (χ2n) is 1.05. The predicted molar refractivity (Wildman–Crippen MR) is 29.8 cm³/mol. The molecule has 1 heterocycles. The van der Waals surface area contributed by atoms with E-state index in [0.29, 0.717) is 0 Å². The van der Waals surface area contributed by atoms with Gasteiger partial charge in [-0.2, -0.15) is 5.10 Å². The molecule has 3 nitrogen and oxygen atoms in total. The van der Waals surface area contributed by atoms with Gasteiger partial charge in [-0.3, -0.25) is 0 Å². The SMILES string of the molecule is Clc1cnnc(Cl)n1. The maximum Gasteiger partial charge on any atom is 0.244 e. The van der Waals surface area contributed by atoms with Crippen LogP contribution in [0.3, 0.4) is 0 Å². The van der Waals surface area contributed by atoms with Gasteiger partial charge in [-0.15, -0.1) is 5.10 Å². The van der Waals surface area contributed by atoms with E-state index in [1.807, 2.05) is 0 Å². The highest BCUT2D eigenvalue weighted by Gasteiger charge is 1.89. The van der Waals surface area contributed by atoms with Gasteiger partial charge in [0.25, 0.3) is 0 Å². The molecule has 0 aliphatic carbocycles. The zero-order valence-corrected chi connectivity index (χ0v) is 5.19. The lowest BCUT2D eigenvalue weighted by molar-refractivity contribution is 0.970. The third-order valence-corrected chi connectivity index (χ3v) is 0.846. The fourth-order valence-electron chi connectivity index (χ4n) is 0.264. The van der Waals surface area contributed by atoms with Gasteiger partial charge in [0.05, 0.1) is 6.20 Å². The molecule has 0 spiro atoms. The van der Waals surface area contributed by atoms with Crippen LogP contribution >= 0.6 is 23.2 Å². The molecule has 0 atom stereocenters. The molecule has 0 aliphatic heterocycles. The van der Waals surface area contributed by atoms with Crippen LogP contribution in [0.5, 0.6) is 0 Å². The van der Waals surface area contributed by atoms with Crippen LogP contribution in [0.2, 0.25) is 10.4 Å². The highest BCUT2D eigenvalue weighted by atomic mass is 35.5. The summed E-state index contributed by atoms with van der Waals surface area (Å²) >= 11 is 10.6. The van der Waals surface area contributed by atoms with Gasteiger partial charge in [0.1, 0.15) is 0 Å². The molecule has 0 N–H and O–H groups in total. The molecule has 0 aliphatic rings. The number of halogens is 2. The van der Waals surface area contributed by atoms with E-state index in [4.69, 9.17) is 23.2 Å². The first-order chi connectivity index (χ1) is 3.79. The molecule has 0 radical (unpaired) electrons. The third-order valence-electron chi connectivity index (χ3n) is 0.504. The van der Waals surface area contributed by atoms with Crippen molar-refractivity contribution in [1.82, 2.24) is 15.2 Å². The van der Waals surface area contributed by atoms with Crippen LogP contribution in [0.4, 0.5) is 0 Å². The molecule has 8 heavy (non-hydrogen) atoms. The van der Waals surface area contributed by atoms with Crippen LogP contribution in [0.1, 0.15) is 0 Å². The minimum atomic E-state index is 0.0671. The van der Waals surface area contributed by atoms with Crippen LogP contribution in [-0.2, 0) is 0 Å². The predicted octanol–water partition coefficient (Wildman–Crippen LogP) is 1.18. The molecule has 1 aromatic heterocycles. The Kier molecular flexibility index (Phi) is 1.60. The fraction of sp³-hybridized carbons (Fsp3) is 0. The Morgan fingerprint density at radius 2 is 2.12 bits per heavy atom. The number of rotatable bonds is 0. The minimum Gasteiger partial charge on any atom is -0.203 e. The first-order valence-corrected chi connectivity index (χ1v) is 2.55. The van der Waals surface area contributed by atoms with Crippen LogP contribution in [0, 0.1) is 0 Å². The Morgan fingerprint density at radius 3 is 2.50 bits per heavy atom.